The second kappa shape index (κ2) is 9.21. The van der Waals surface area contributed by atoms with Crippen LogP contribution in [-0.4, -0.2) is 25.5 Å². The van der Waals surface area contributed by atoms with Crippen molar-refractivity contribution >= 4 is 6.41 Å². The molecule has 0 aliphatic heterocycles. The highest BCUT2D eigenvalue weighted by atomic mass is 16.1. The standard InChI is InChI=1S/C12H25N3O/c1-4-11(5-7-13)15-12(10(2)3)6-8-14-9-16/h9,11,15H,4-8,13H2,1-3H3,(H,14,16). The number of amides is 1. The van der Waals surface area contributed by atoms with Crippen LogP contribution in [0.3, 0.4) is 0 Å². The molecule has 1 amide bonds. The van der Waals surface area contributed by atoms with E-state index in [1.54, 1.807) is 0 Å². The molecular formula is C12H25N3O. The van der Waals surface area contributed by atoms with Crippen LogP contribution in [0.1, 0.15) is 40.0 Å². The SMILES string of the molecule is CCC(CCN)NC(CCNC=O)=C(C)C. The second-order valence-electron chi connectivity index (χ2n) is 4.13. The van der Waals surface area contributed by atoms with Gasteiger partial charge in [0.2, 0.25) is 6.41 Å². The molecule has 0 rings (SSSR count). The first kappa shape index (κ1) is 15.0. The highest BCUT2D eigenvalue weighted by Crippen LogP contribution is 2.08. The summed E-state index contributed by atoms with van der Waals surface area (Å²) in [5, 5.41) is 6.18. The van der Waals surface area contributed by atoms with Crippen LogP contribution in [0.25, 0.3) is 0 Å². The van der Waals surface area contributed by atoms with Crippen molar-refractivity contribution in [2.24, 2.45) is 5.73 Å². The summed E-state index contributed by atoms with van der Waals surface area (Å²) in [6, 6.07) is 0.436. The molecule has 0 saturated carbocycles. The van der Waals surface area contributed by atoms with Gasteiger partial charge < -0.3 is 16.4 Å². The molecule has 0 aromatic carbocycles. The summed E-state index contributed by atoms with van der Waals surface area (Å²) in [6.07, 6.45) is 3.63. The summed E-state index contributed by atoms with van der Waals surface area (Å²) in [4.78, 5) is 10.2. The number of hydrogen-bond donors (Lipinski definition) is 3. The lowest BCUT2D eigenvalue weighted by molar-refractivity contribution is -0.109. The summed E-state index contributed by atoms with van der Waals surface area (Å²) in [6.45, 7) is 7.70. The normalized spacial score (nSPS) is 11.8. The Morgan fingerprint density at radius 2 is 2.12 bits per heavy atom. The van der Waals surface area contributed by atoms with Crippen molar-refractivity contribution in [2.75, 3.05) is 13.1 Å². The van der Waals surface area contributed by atoms with E-state index in [-0.39, 0.29) is 0 Å². The van der Waals surface area contributed by atoms with E-state index in [1.165, 1.54) is 11.3 Å². The van der Waals surface area contributed by atoms with Crippen molar-refractivity contribution in [3.05, 3.63) is 11.3 Å². The molecule has 0 aromatic heterocycles. The first-order valence-corrected chi connectivity index (χ1v) is 5.95. The fourth-order valence-corrected chi connectivity index (χ4v) is 1.55. The molecule has 0 bridgehead atoms. The maximum Gasteiger partial charge on any atom is 0.207 e. The minimum atomic E-state index is 0.436. The van der Waals surface area contributed by atoms with Gasteiger partial charge in [-0.2, -0.15) is 0 Å². The fraction of sp³-hybridized carbons (Fsp3) is 0.750. The van der Waals surface area contributed by atoms with Gasteiger partial charge in [-0.25, -0.2) is 0 Å². The molecule has 94 valence electrons. The lowest BCUT2D eigenvalue weighted by Gasteiger charge is -2.21. The molecule has 0 radical (unpaired) electrons. The van der Waals surface area contributed by atoms with E-state index in [4.69, 9.17) is 5.73 Å². The predicted molar refractivity (Wildman–Crippen MR) is 67.9 cm³/mol. The minimum Gasteiger partial charge on any atom is -0.386 e. The lowest BCUT2D eigenvalue weighted by atomic mass is 10.1. The van der Waals surface area contributed by atoms with E-state index in [0.29, 0.717) is 19.1 Å². The van der Waals surface area contributed by atoms with Gasteiger partial charge >= 0.3 is 0 Å². The van der Waals surface area contributed by atoms with Crippen LogP contribution in [-0.2, 0) is 4.79 Å². The molecule has 0 aliphatic carbocycles. The van der Waals surface area contributed by atoms with E-state index >= 15 is 0 Å². The Balaban J connectivity index is 4.21. The molecule has 16 heavy (non-hydrogen) atoms. The molecule has 0 spiro atoms. The number of nitrogens with two attached hydrogens (primary N) is 1. The predicted octanol–water partition coefficient (Wildman–Crippen LogP) is 1.13. The van der Waals surface area contributed by atoms with Crippen molar-refractivity contribution in [2.45, 2.75) is 46.1 Å². The van der Waals surface area contributed by atoms with Crippen molar-refractivity contribution in [3.8, 4) is 0 Å². The van der Waals surface area contributed by atoms with Gasteiger partial charge in [-0.1, -0.05) is 12.5 Å². The van der Waals surface area contributed by atoms with Crippen molar-refractivity contribution in [3.63, 3.8) is 0 Å². The summed E-state index contributed by atoms with van der Waals surface area (Å²) in [7, 11) is 0. The van der Waals surface area contributed by atoms with Gasteiger partial charge in [-0.05, 0) is 33.2 Å². The van der Waals surface area contributed by atoms with Gasteiger partial charge in [0, 0.05) is 24.7 Å². The monoisotopic (exact) mass is 227 g/mol. The molecule has 0 fully saturated rings. The Morgan fingerprint density at radius 1 is 1.44 bits per heavy atom. The first-order valence-electron chi connectivity index (χ1n) is 5.95. The van der Waals surface area contributed by atoms with E-state index in [9.17, 15) is 4.79 Å². The van der Waals surface area contributed by atoms with Gasteiger partial charge in [-0.15, -0.1) is 0 Å². The maximum atomic E-state index is 10.2. The maximum absolute atomic E-state index is 10.2. The van der Waals surface area contributed by atoms with Crippen molar-refractivity contribution < 1.29 is 4.79 Å². The Kier molecular flexibility index (Phi) is 8.62. The molecule has 0 aliphatic rings. The van der Waals surface area contributed by atoms with E-state index < -0.39 is 0 Å². The van der Waals surface area contributed by atoms with Crippen LogP contribution < -0.4 is 16.4 Å². The molecule has 0 saturated heterocycles. The lowest BCUT2D eigenvalue weighted by Crippen LogP contribution is -2.32. The first-order chi connectivity index (χ1) is 7.65. The smallest absolute Gasteiger partial charge is 0.207 e. The van der Waals surface area contributed by atoms with E-state index in [2.05, 4.69) is 31.4 Å². The highest BCUT2D eigenvalue weighted by Gasteiger charge is 2.07. The van der Waals surface area contributed by atoms with Crippen LogP contribution >= 0.6 is 0 Å². The summed E-state index contributed by atoms with van der Waals surface area (Å²) >= 11 is 0. The molecule has 4 nitrogen and oxygen atoms in total. The zero-order valence-electron chi connectivity index (χ0n) is 10.7. The van der Waals surface area contributed by atoms with E-state index in [0.717, 1.165) is 25.7 Å². The number of carbonyl (C=O) groups is 1. The minimum absolute atomic E-state index is 0.436. The van der Waals surface area contributed by atoms with Crippen LogP contribution in [0.2, 0.25) is 0 Å². The van der Waals surface area contributed by atoms with Crippen molar-refractivity contribution in [1.29, 1.82) is 0 Å². The fourth-order valence-electron chi connectivity index (χ4n) is 1.55. The quantitative estimate of drug-likeness (QED) is 0.408. The van der Waals surface area contributed by atoms with Gasteiger partial charge in [0.05, 0.1) is 0 Å². The molecule has 4 heteroatoms. The number of rotatable bonds is 9. The molecular weight excluding hydrogens is 202 g/mol. The Hall–Kier alpha value is -1.03. The number of allylic oxidation sites excluding steroid dienone is 1. The van der Waals surface area contributed by atoms with Gasteiger partial charge in [0.25, 0.3) is 0 Å². The highest BCUT2D eigenvalue weighted by molar-refractivity contribution is 5.45. The Morgan fingerprint density at radius 3 is 2.56 bits per heavy atom. The third-order valence-electron chi connectivity index (χ3n) is 2.59. The van der Waals surface area contributed by atoms with Crippen LogP contribution in [0.15, 0.2) is 11.3 Å². The number of nitrogens with one attached hydrogen (secondary N) is 2. The summed E-state index contributed by atoms with van der Waals surface area (Å²) in [5.74, 6) is 0. The van der Waals surface area contributed by atoms with Gasteiger partial charge in [-0.3, -0.25) is 4.79 Å². The van der Waals surface area contributed by atoms with Crippen LogP contribution in [0, 0.1) is 0 Å². The molecule has 1 atom stereocenters. The van der Waals surface area contributed by atoms with Crippen LogP contribution in [0.4, 0.5) is 0 Å². The zero-order valence-corrected chi connectivity index (χ0v) is 10.7. The molecule has 4 N–H and O–H groups in total. The van der Waals surface area contributed by atoms with Crippen molar-refractivity contribution in [1.82, 2.24) is 10.6 Å². The summed E-state index contributed by atoms with van der Waals surface area (Å²) in [5.41, 5.74) is 8.05. The third-order valence-corrected chi connectivity index (χ3v) is 2.59. The molecule has 1 unspecified atom stereocenters. The Labute approximate surface area is 98.7 Å². The third kappa shape index (κ3) is 6.45. The molecule has 0 aromatic rings. The largest absolute Gasteiger partial charge is 0.386 e. The second-order valence-corrected chi connectivity index (χ2v) is 4.13. The zero-order chi connectivity index (χ0) is 12.4. The van der Waals surface area contributed by atoms with Gasteiger partial charge in [0.15, 0.2) is 0 Å². The van der Waals surface area contributed by atoms with Crippen LogP contribution in [0.5, 0.6) is 0 Å². The van der Waals surface area contributed by atoms with Gasteiger partial charge in [0.1, 0.15) is 0 Å². The average molecular weight is 227 g/mol. The molecule has 0 heterocycles. The van der Waals surface area contributed by atoms with E-state index in [1.807, 2.05) is 0 Å². The number of carbonyl (C=O) groups excluding carboxylic acids is 1. The summed E-state index contributed by atoms with van der Waals surface area (Å²) < 4.78 is 0. The average Bonchev–Trinajstić information content (AvgIpc) is 2.26. The Bertz CT molecular complexity index is 222. The number of hydrogen-bond acceptors (Lipinski definition) is 3. The topological polar surface area (TPSA) is 67.2 Å².